The van der Waals surface area contributed by atoms with Crippen molar-refractivity contribution in [3.63, 3.8) is 0 Å². The lowest BCUT2D eigenvalue weighted by molar-refractivity contribution is -0.140. The molecule has 1 heterocycles. The lowest BCUT2D eigenvalue weighted by Gasteiger charge is -2.03. The van der Waals surface area contributed by atoms with Crippen molar-refractivity contribution in [3.8, 4) is 0 Å². The maximum absolute atomic E-state index is 11.9. The van der Waals surface area contributed by atoms with Gasteiger partial charge in [0, 0.05) is 6.20 Å². The highest BCUT2D eigenvalue weighted by Gasteiger charge is 2.65. The molecule has 6 heteroatoms. The number of nitrogens with one attached hydrogen (secondary N) is 1. The number of hydrogen-bond donors (Lipinski definition) is 2. The Labute approximate surface area is 98.1 Å². The third-order valence-electron chi connectivity index (χ3n) is 3.20. The van der Waals surface area contributed by atoms with Crippen LogP contribution in [0.25, 0.3) is 0 Å². The van der Waals surface area contributed by atoms with E-state index in [-0.39, 0.29) is 5.91 Å². The average Bonchev–Trinajstić information content (AvgIpc) is 2.83. The maximum atomic E-state index is 11.9. The maximum Gasteiger partial charge on any atom is 0.307 e. The number of carbonyl (C=O) groups is 2. The molecule has 1 aliphatic carbocycles. The molecule has 0 unspecified atom stereocenters. The summed E-state index contributed by atoms with van der Waals surface area (Å²) < 4.78 is 0. The Bertz CT molecular complexity index is 458. The zero-order chi connectivity index (χ0) is 12.6. The van der Waals surface area contributed by atoms with Gasteiger partial charge < -0.3 is 10.4 Å². The third-order valence-corrected chi connectivity index (χ3v) is 3.20. The van der Waals surface area contributed by atoms with Crippen LogP contribution in [0.3, 0.4) is 0 Å². The molecule has 17 heavy (non-hydrogen) atoms. The molecule has 1 aliphatic rings. The van der Waals surface area contributed by atoms with Crippen LogP contribution < -0.4 is 5.32 Å². The molecular weight excluding hydrogens is 222 g/mol. The fourth-order valence-corrected chi connectivity index (χ4v) is 2.16. The first-order valence-electron chi connectivity index (χ1n) is 5.26. The molecule has 0 bridgehead atoms. The highest BCUT2D eigenvalue weighted by molar-refractivity contribution is 5.99. The molecule has 0 aromatic carbocycles. The minimum Gasteiger partial charge on any atom is -0.481 e. The van der Waals surface area contributed by atoms with E-state index in [2.05, 4.69) is 15.5 Å². The van der Waals surface area contributed by atoms with Gasteiger partial charge in [0.1, 0.15) is 0 Å². The van der Waals surface area contributed by atoms with Gasteiger partial charge in [-0.15, -0.1) is 5.10 Å². The van der Waals surface area contributed by atoms with E-state index in [4.69, 9.17) is 5.11 Å². The molecule has 2 atom stereocenters. The van der Waals surface area contributed by atoms with E-state index in [0.29, 0.717) is 5.82 Å². The molecule has 1 amide bonds. The van der Waals surface area contributed by atoms with Crippen molar-refractivity contribution in [3.05, 3.63) is 18.3 Å². The molecule has 2 N–H and O–H groups in total. The number of aromatic nitrogens is 2. The topological polar surface area (TPSA) is 92.2 Å². The predicted molar refractivity (Wildman–Crippen MR) is 59.1 cm³/mol. The van der Waals surface area contributed by atoms with Crippen LogP contribution in [-0.2, 0) is 9.59 Å². The number of anilines is 1. The zero-order valence-electron chi connectivity index (χ0n) is 9.54. The number of aliphatic carboxylic acids is 1. The van der Waals surface area contributed by atoms with Crippen molar-refractivity contribution < 1.29 is 14.7 Å². The van der Waals surface area contributed by atoms with E-state index >= 15 is 0 Å². The highest BCUT2D eigenvalue weighted by Crippen LogP contribution is 2.58. The van der Waals surface area contributed by atoms with Crippen LogP contribution in [0.15, 0.2) is 18.3 Å². The summed E-state index contributed by atoms with van der Waals surface area (Å²) in [5.74, 6) is -2.05. The van der Waals surface area contributed by atoms with Gasteiger partial charge in [-0.05, 0) is 17.5 Å². The molecule has 6 nitrogen and oxygen atoms in total. The van der Waals surface area contributed by atoms with Crippen molar-refractivity contribution in [2.24, 2.45) is 17.3 Å². The second kappa shape index (κ2) is 3.80. The van der Waals surface area contributed by atoms with Gasteiger partial charge in [0.05, 0.1) is 11.8 Å². The normalized spacial score (nSPS) is 25.1. The first-order valence-corrected chi connectivity index (χ1v) is 5.26. The molecule has 1 aromatic heterocycles. The summed E-state index contributed by atoms with van der Waals surface area (Å²) in [6, 6.07) is 3.26. The molecule has 1 saturated carbocycles. The summed E-state index contributed by atoms with van der Waals surface area (Å²) in [6.45, 7) is 3.54. The van der Waals surface area contributed by atoms with Crippen LogP contribution in [0.2, 0.25) is 0 Å². The van der Waals surface area contributed by atoms with Gasteiger partial charge in [0.15, 0.2) is 5.82 Å². The van der Waals surface area contributed by atoms with Crippen molar-refractivity contribution in [2.45, 2.75) is 13.8 Å². The molecule has 0 saturated heterocycles. The summed E-state index contributed by atoms with van der Waals surface area (Å²) in [4.78, 5) is 22.8. The number of amides is 1. The van der Waals surface area contributed by atoms with Gasteiger partial charge >= 0.3 is 5.97 Å². The van der Waals surface area contributed by atoms with Gasteiger partial charge in [-0.1, -0.05) is 13.8 Å². The summed E-state index contributed by atoms with van der Waals surface area (Å²) >= 11 is 0. The summed E-state index contributed by atoms with van der Waals surface area (Å²) in [5, 5.41) is 18.9. The van der Waals surface area contributed by atoms with Gasteiger partial charge in [0.25, 0.3) is 0 Å². The molecule has 0 aliphatic heterocycles. The Morgan fingerprint density at radius 1 is 1.41 bits per heavy atom. The van der Waals surface area contributed by atoms with Crippen LogP contribution in [-0.4, -0.2) is 27.2 Å². The Hall–Kier alpha value is -1.98. The molecule has 1 aromatic rings. The van der Waals surface area contributed by atoms with Crippen molar-refractivity contribution >= 4 is 17.7 Å². The SMILES string of the molecule is CC1(C)[C@H](C(=O)O)[C@@H]1C(=O)Nc1cccnn1. The van der Waals surface area contributed by atoms with Crippen molar-refractivity contribution in [2.75, 3.05) is 5.32 Å². The van der Waals surface area contributed by atoms with Gasteiger partial charge in [-0.2, -0.15) is 5.10 Å². The molecular formula is C11H13N3O3. The molecule has 0 radical (unpaired) electrons. The minimum atomic E-state index is -0.936. The summed E-state index contributed by atoms with van der Waals surface area (Å²) in [5.41, 5.74) is -0.502. The standard InChI is InChI=1S/C11H13N3O3/c1-11(2)7(8(11)10(16)17)9(15)13-6-4-3-5-12-14-6/h3-5,7-8H,1-2H3,(H,16,17)(H,13,14,15)/t7-,8+/m1/s1. The second-order valence-electron chi connectivity index (χ2n) is 4.71. The van der Waals surface area contributed by atoms with Crippen LogP contribution in [0.1, 0.15) is 13.8 Å². The average molecular weight is 235 g/mol. The number of rotatable bonds is 3. The summed E-state index contributed by atoms with van der Waals surface area (Å²) in [7, 11) is 0. The fraction of sp³-hybridized carbons (Fsp3) is 0.455. The van der Waals surface area contributed by atoms with E-state index < -0.39 is 23.2 Å². The summed E-state index contributed by atoms with van der Waals surface area (Å²) in [6.07, 6.45) is 1.50. The van der Waals surface area contributed by atoms with Crippen molar-refractivity contribution in [1.29, 1.82) is 0 Å². The van der Waals surface area contributed by atoms with Crippen LogP contribution in [0.5, 0.6) is 0 Å². The smallest absolute Gasteiger partial charge is 0.307 e. The highest BCUT2D eigenvalue weighted by atomic mass is 16.4. The van der Waals surface area contributed by atoms with Crippen LogP contribution in [0.4, 0.5) is 5.82 Å². The second-order valence-corrected chi connectivity index (χ2v) is 4.71. The van der Waals surface area contributed by atoms with Crippen molar-refractivity contribution in [1.82, 2.24) is 10.2 Å². The molecule has 0 spiro atoms. The lowest BCUT2D eigenvalue weighted by atomic mass is 10.1. The Morgan fingerprint density at radius 2 is 2.12 bits per heavy atom. The largest absolute Gasteiger partial charge is 0.481 e. The number of carboxylic acids is 1. The Kier molecular flexibility index (Phi) is 2.57. The van der Waals surface area contributed by atoms with Gasteiger partial charge in [-0.25, -0.2) is 0 Å². The number of carboxylic acid groups (broad SMARTS) is 1. The van der Waals surface area contributed by atoms with E-state index in [9.17, 15) is 9.59 Å². The fourth-order valence-electron chi connectivity index (χ4n) is 2.16. The van der Waals surface area contributed by atoms with Crippen LogP contribution in [0, 0.1) is 17.3 Å². The lowest BCUT2D eigenvalue weighted by Crippen LogP contribution is -2.18. The first-order chi connectivity index (χ1) is 7.94. The zero-order valence-corrected chi connectivity index (χ0v) is 9.54. The van der Waals surface area contributed by atoms with Gasteiger partial charge in [0.2, 0.25) is 5.91 Å². The third kappa shape index (κ3) is 1.98. The molecule has 90 valence electrons. The monoisotopic (exact) mass is 235 g/mol. The van der Waals surface area contributed by atoms with E-state index in [1.165, 1.54) is 6.20 Å². The Balaban J connectivity index is 2.06. The Morgan fingerprint density at radius 3 is 2.59 bits per heavy atom. The minimum absolute atomic E-state index is 0.317. The predicted octanol–water partition coefficient (Wildman–Crippen LogP) is 0.772. The van der Waals surface area contributed by atoms with Gasteiger partial charge in [-0.3, -0.25) is 9.59 Å². The van der Waals surface area contributed by atoms with Crippen LogP contribution >= 0.6 is 0 Å². The quantitative estimate of drug-likeness (QED) is 0.807. The number of hydrogen-bond acceptors (Lipinski definition) is 4. The van der Waals surface area contributed by atoms with E-state index in [1.807, 2.05) is 0 Å². The number of nitrogens with zero attached hydrogens (tertiary/aromatic N) is 2. The van der Waals surface area contributed by atoms with E-state index in [0.717, 1.165) is 0 Å². The van der Waals surface area contributed by atoms with E-state index in [1.54, 1.807) is 26.0 Å². The molecule has 1 fully saturated rings. The number of carbonyl (C=O) groups excluding carboxylic acids is 1. The molecule has 2 rings (SSSR count). The first kappa shape index (κ1) is 11.5.